The van der Waals surface area contributed by atoms with Crippen molar-refractivity contribution in [3.05, 3.63) is 30.3 Å². The molecule has 8 heteroatoms. The number of anilines is 1. The largest absolute Gasteiger partial charge is 0.401 e. The van der Waals surface area contributed by atoms with E-state index in [1.54, 1.807) is 7.05 Å². The van der Waals surface area contributed by atoms with E-state index in [0.29, 0.717) is 13.1 Å². The molecule has 0 aromatic heterocycles. The van der Waals surface area contributed by atoms with Gasteiger partial charge < -0.3 is 15.1 Å². The van der Waals surface area contributed by atoms with Crippen molar-refractivity contribution in [2.24, 2.45) is 4.99 Å². The van der Waals surface area contributed by atoms with E-state index in [2.05, 4.69) is 32.2 Å². The molecular formula is C17H26F3N5. The second kappa shape index (κ2) is 8.94. The van der Waals surface area contributed by atoms with Gasteiger partial charge in [0.05, 0.1) is 6.54 Å². The van der Waals surface area contributed by atoms with Gasteiger partial charge in [-0.15, -0.1) is 0 Å². The van der Waals surface area contributed by atoms with Gasteiger partial charge in [0, 0.05) is 52.0 Å². The number of hydrogen-bond acceptors (Lipinski definition) is 3. The van der Waals surface area contributed by atoms with Crippen LogP contribution in [-0.2, 0) is 0 Å². The molecule has 0 radical (unpaired) electrons. The normalized spacial score (nSPS) is 16.5. The van der Waals surface area contributed by atoms with Crippen molar-refractivity contribution in [1.29, 1.82) is 0 Å². The van der Waals surface area contributed by atoms with Gasteiger partial charge in [-0.25, -0.2) is 0 Å². The minimum Gasteiger partial charge on any atom is -0.368 e. The standard InChI is InChI=1S/C17H26F3N5/c1-21-16(22-8-9-23(2)14-17(18,19)20)25-12-10-24(11-13-25)15-6-4-3-5-7-15/h3-7H,8-14H2,1-2H3,(H,21,22). The average molecular weight is 357 g/mol. The highest BCUT2D eigenvalue weighted by Gasteiger charge is 2.29. The SMILES string of the molecule is CN=C(NCCN(C)CC(F)(F)F)N1CCN(c2ccccc2)CC1. The summed E-state index contributed by atoms with van der Waals surface area (Å²) >= 11 is 0. The topological polar surface area (TPSA) is 34.1 Å². The molecule has 1 aromatic rings. The fourth-order valence-electron chi connectivity index (χ4n) is 2.89. The molecule has 140 valence electrons. The van der Waals surface area contributed by atoms with Crippen molar-refractivity contribution < 1.29 is 13.2 Å². The number of guanidine groups is 1. The van der Waals surface area contributed by atoms with Crippen molar-refractivity contribution in [3.63, 3.8) is 0 Å². The summed E-state index contributed by atoms with van der Waals surface area (Å²) in [5.41, 5.74) is 1.21. The molecule has 1 aliphatic heterocycles. The van der Waals surface area contributed by atoms with Crippen LogP contribution in [0.3, 0.4) is 0 Å². The average Bonchev–Trinajstić information content (AvgIpc) is 2.58. The molecule has 5 nitrogen and oxygen atoms in total. The monoisotopic (exact) mass is 357 g/mol. The highest BCUT2D eigenvalue weighted by Crippen LogP contribution is 2.16. The molecular weight excluding hydrogens is 331 g/mol. The number of para-hydroxylation sites is 1. The Morgan fingerprint density at radius 2 is 1.80 bits per heavy atom. The lowest BCUT2D eigenvalue weighted by atomic mass is 10.2. The second-order valence-electron chi connectivity index (χ2n) is 6.14. The summed E-state index contributed by atoms with van der Waals surface area (Å²) in [6.07, 6.45) is -4.16. The van der Waals surface area contributed by atoms with Crippen molar-refractivity contribution in [2.75, 3.05) is 64.8 Å². The van der Waals surface area contributed by atoms with E-state index in [-0.39, 0.29) is 0 Å². The number of nitrogens with one attached hydrogen (secondary N) is 1. The zero-order valence-corrected chi connectivity index (χ0v) is 14.8. The molecule has 1 N–H and O–H groups in total. The summed E-state index contributed by atoms with van der Waals surface area (Å²) in [6, 6.07) is 10.2. The van der Waals surface area contributed by atoms with E-state index in [1.165, 1.54) is 17.6 Å². The third kappa shape index (κ3) is 6.45. The lowest BCUT2D eigenvalue weighted by molar-refractivity contribution is -0.142. The summed E-state index contributed by atoms with van der Waals surface area (Å²) in [5.74, 6) is 0.744. The van der Waals surface area contributed by atoms with Crippen LogP contribution in [0.25, 0.3) is 0 Å². The van der Waals surface area contributed by atoms with Crippen LogP contribution in [0.5, 0.6) is 0 Å². The van der Waals surface area contributed by atoms with E-state index in [9.17, 15) is 13.2 Å². The number of likely N-dealkylation sites (N-methyl/N-ethyl adjacent to an activating group) is 1. The molecule has 0 atom stereocenters. The van der Waals surface area contributed by atoms with Gasteiger partial charge in [0.15, 0.2) is 5.96 Å². The van der Waals surface area contributed by atoms with E-state index < -0.39 is 12.7 Å². The van der Waals surface area contributed by atoms with Gasteiger partial charge in [0.25, 0.3) is 0 Å². The van der Waals surface area contributed by atoms with E-state index in [1.807, 2.05) is 18.2 Å². The number of benzene rings is 1. The van der Waals surface area contributed by atoms with E-state index in [0.717, 1.165) is 32.1 Å². The van der Waals surface area contributed by atoms with E-state index >= 15 is 0 Å². The number of halogens is 3. The van der Waals surface area contributed by atoms with Crippen LogP contribution < -0.4 is 10.2 Å². The number of alkyl halides is 3. The minimum absolute atomic E-state index is 0.308. The highest BCUT2D eigenvalue weighted by molar-refractivity contribution is 5.80. The van der Waals surface area contributed by atoms with Crippen molar-refractivity contribution in [2.45, 2.75) is 6.18 Å². The fourth-order valence-corrected chi connectivity index (χ4v) is 2.89. The molecule has 1 aromatic carbocycles. The molecule has 0 aliphatic carbocycles. The predicted octanol–water partition coefficient (Wildman–Crippen LogP) is 1.88. The Hall–Kier alpha value is -1.96. The maximum Gasteiger partial charge on any atom is 0.401 e. The first-order valence-corrected chi connectivity index (χ1v) is 8.40. The summed E-state index contributed by atoms with van der Waals surface area (Å²) in [6.45, 7) is 3.26. The van der Waals surface area contributed by atoms with Crippen molar-refractivity contribution >= 4 is 11.6 Å². The molecule has 0 bridgehead atoms. The molecule has 1 aliphatic rings. The van der Waals surface area contributed by atoms with Gasteiger partial charge in [-0.2, -0.15) is 13.2 Å². The number of aliphatic imine (C=N–C) groups is 1. The van der Waals surface area contributed by atoms with Gasteiger partial charge in [0.2, 0.25) is 0 Å². The van der Waals surface area contributed by atoms with Crippen LogP contribution in [0.15, 0.2) is 35.3 Å². The Labute approximate surface area is 147 Å². The van der Waals surface area contributed by atoms with Crippen LogP contribution in [-0.4, -0.2) is 81.8 Å². The molecule has 1 fully saturated rings. The summed E-state index contributed by atoms with van der Waals surface area (Å²) < 4.78 is 37.0. The number of piperazine rings is 1. The lowest BCUT2D eigenvalue weighted by Crippen LogP contribution is -2.53. The van der Waals surface area contributed by atoms with Crippen molar-refractivity contribution in [1.82, 2.24) is 15.1 Å². The van der Waals surface area contributed by atoms with E-state index in [4.69, 9.17) is 0 Å². The van der Waals surface area contributed by atoms with Gasteiger partial charge in [-0.3, -0.25) is 9.89 Å². The Bertz CT molecular complexity index is 539. The number of rotatable bonds is 5. The first kappa shape index (κ1) is 19.4. The summed E-state index contributed by atoms with van der Waals surface area (Å²) in [5, 5.41) is 3.16. The predicted molar refractivity (Wildman–Crippen MR) is 95.1 cm³/mol. The molecule has 0 amide bonds. The van der Waals surface area contributed by atoms with Gasteiger partial charge in [-0.05, 0) is 19.2 Å². The van der Waals surface area contributed by atoms with Crippen LogP contribution >= 0.6 is 0 Å². The highest BCUT2D eigenvalue weighted by atomic mass is 19.4. The quantitative estimate of drug-likeness (QED) is 0.645. The first-order valence-electron chi connectivity index (χ1n) is 8.40. The Morgan fingerprint density at radius 3 is 2.36 bits per heavy atom. The zero-order valence-electron chi connectivity index (χ0n) is 14.8. The van der Waals surface area contributed by atoms with Crippen molar-refractivity contribution in [3.8, 4) is 0 Å². The van der Waals surface area contributed by atoms with Crippen LogP contribution in [0.1, 0.15) is 0 Å². The maximum atomic E-state index is 12.3. The molecule has 0 saturated carbocycles. The summed E-state index contributed by atoms with van der Waals surface area (Å²) in [4.78, 5) is 9.97. The molecule has 1 heterocycles. The number of nitrogens with zero attached hydrogens (tertiary/aromatic N) is 4. The maximum absolute atomic E-state index is 12.3. The minimum atomic E-state index is -4.16. The van der Waals surface area contributed by atoms with Crippen LogP contribution in [0.2, 0.25) is 0 Å². The first-order chi connectivity index (χ1) is 11.9. The lowest BCUT2D eigenvalue weighted by Gasteiger charge is -2.37. The Balaban J connectivity index is 1.75. The number of hydrogen-bond donors (Lipinski definition) is 1. The zero-order chi connectivity index (χ0) is 18.3. The smallest absolute Gasteiger partial charge is 0.368 e. The second-order valence-corrected chi connectivity index (χ2v) is 6.14. The van der Waals surface area contributed by atoms with Gasteiger partial charge in [0.1, 0.15) is 0 Å². The summed E-state index contributed by atoms with van der Waals surface area (Å²) in [7, 11) is 3.17. The van der Waals surface area contributed by atoms with Gasteiger partial charge >= 0.3 is 6.18 Å². The molecule has 0 spiro atoms. The molecule has 1 saturated heterocycles. The molecule has 0 unspecified atom stereocenters. The van der Waals surface area contributed by atoms with Gasteiger partial charge in [-0.1, -0.05) is 18.2 Å². The van der Waals surface area contributed by atoms with Crippen LogP contribution in [0.4, 0.5) is 18.9 Å². The third-order valence-electron chi connectivity index (χ3n) is 4.14. The molecule has 25 heavy (non-hydrogen) atoms. The molecule has 2 rings (SSSR count). The fraction of sp³-hybridized carbons (Fsp3) is 0.588. The van der Waals surface area contributed by atoms with Crippen LogP contribution in [0, 0.1) is 0 Å². The Kier molecular flexibility index (Phi) is 6.92. The third-order valence-corrected chi connectivity index (χ3v) is 4.14. The Morgan fingerprint density at radius 1 is 1.16 bits per heavy atom.